The van der Waals surface area contributed by atoms with Crippen LogP contribution < -0.4 is 15.1 Å². The number of halogens is 3. The van der Waals surface area contributed by atoms with E-state index in [2.05, 4.69) is 0 Å². The summed E-state index contributed by atoms with van der Waals surface area (Å²) in [5.74, 6) is -2.68. The first-order chi connectivity index (χ1) is 17.7. The summed E-state index contributed by atoms with van der Waals surface area (Å²) >= 11 is 0. The number of quaternary nitrogens is 1. The number of aromatic hydroxyl groups is 1. The molecule has 1 unspecified atom stereocenters. The van der Waals surface area contributed by atoms with Crippen molar-refractivity contribution in [3.8, 4) is 17.2 Å². The van der Waals surface area contributed by atoms with Gasteiger partial charge in [0.1, 0.15) is 24.6 Å². The van der Waals surface area contributed by atoms with Crippen LogP contribution in [0.4, 0.5) is 13.2 Å². The predicted molar refractivity (Wildman–Crippen MR) is 134 cm³/mol. The molecule has 0 aliphatic carbocycles. The molecule has 0 saturated heterocycles. The summed E-state index contributed by atoms with van der Waals surface area (Å²) in [5, 5.41) is 12.0. The van der Waals surface area contributed by atoms with Gasteiger partial charge in [-0.2, -0.15) is 13.2 Å². The van der Waals surface area contributed by atoms with Crippen molar-refractivity contribution in [1.82, 2.24) is 0 Å². The number of rotatable bonds is 6. The molecule has 1 heterocycles. The van der Waals surface area contributed by atoms with Gasteiger partial charge in [-0.05, 0) is 35.0 Å². The number of fused-ring (bicyclic) bond motifs is 2. The van der Waals surface area contributed by atoms with Gasteiger partial charge >= 0.3 is 6.18 Å². The first kappa shape index (κ1) is 24.4. The van der Waals surface area contributed by atoms with Gasteiger partial charge in [0.15, 0.2) is 5.58 Å². The lowest BCUT2D eigenvalue weighted by atomic mass is 10.1. The number of alkyl halides is 3. The van der Waals surface area contributed by atoms with Crippen LogP contribution in [0.15, 0.2) is 94.1 Å². The SMILES string of the molecule is C[NH+](Cc1ccccc1)Cc1c(O)ccc2c(=O)c(Oc3ccc4ccccc4c3)c(C(F)(F)F)oc12. The van der Waals surface area contributed by atoms with Crippen LogP contribution in [0.2, 0.25) is 0 Å². The fourth-order valence-electron chi connectivity index (χ4n) is 4.39. The van der Waals surface area contributed by atoms with Crippen molar-refractivity contribution < 1.29 is 32.3 Å². The topological polar surface area (TPSA) is 64.1 Å². The number of phenols is 1. The maximum atomic E-state index is 14.1. The average molecular weight is 507 g/mol. The lowest BCUT2D eigenvalue weighted by Gasteiger charge is -2.18. The second-order valence-corrected chi connectivity index (χ2v) is 8.93. The molecule has 0 saturated carbocycles. The fourth-order valence-corrected chi connectivity index (χ4v) is 4.39. The van der Waals surface area contributed by atoms with E-state index in [4.69, 9.17) is 9.15 Å². The number of phenolic OH excluding ortho intramolecular Hbond substituents is 1. The molecule has 5 rings (SSSR count). The second-order valence-electron chi connectivity index (χ2n) is 8.93. The number of ether oxygens (including phenoxy) is 1. The van der Waals surface area contributed by atoms with Gasteiger partial charge in [-0.3, -0.25) is 4.79 Å². The molecule has 2 N–H and O–H groups in total. The Labute approximate surface area is 209 Å². The van der Waals surface area contributed by atoms with E-state index in [1.807, 2.05) is 49.5 Å². The Morgan fingerprint density at radius 3 is 2.32 bits per heavy atom. The van der Waals surface area contributed by atoms with Gasteiger partial charge < -0.3 is 19.2 Å². The standard InChI is InChI=1S/C29H22F3NO4/c1-33(16-18-7-3-2-4-8-18)17-23-24(34)14-13-22-25(35)27(28(29(30,31)32)37-26(22)23)36-21-12-11-19-9-5-6-10-20(19)15-21/h2-15,34H,16-17H2,1H3/p+1. The molecule has 0 fully saturated rings. The monoisotopic (exact) mass is 506 g/mol. The Morgan fingerprint density at radius 1 is 0.892 bits per heavy atom. The van der Waals surface area contributed by atoms with E-state index in [9.17, 15) is 23.1 Å². The highest BCUT2D eigenvalue weighted by molar-refractivity contribution is 5.85. The van der Waals surface area contributed by atoms with Crippen molar-refractivity contribution in [2.45, 2.75) is 19.3 Å². The van der Waals surface area contributed by atoms with Gasteiger partial charge in [0, 0.05) is 5.56 Å². The molecule has 5 aromatic rings. The summed E-state index contributed by atoms with van der Waals surface area (Å²) in [4.78, 5) is 14.2. The Morgan fingerprint density at radius 2 is 1.59 bits per heavy atom. The molecule has 8 heteroatoms. The predicted octanol–water partition coefficient (Wildman–Crippen LogP) is 5.68. The van der Waals surface area contributed by atoms with Crippen molar-refractivity contribution in [2.75, 3.05) is 7.05 Å². The lowest BCUT2D eigenvalue weighted by molar-refractivity contribution is -0.907. The molecule has 0 amide bonds. The minimum absolute atomic E-state index is 0.0712. The van der Waals surface area contributed by atoms with Gasteiger partial charge in [-0.15, -0.1) is 0 Å². The number of benzene rings is 4. The summed E-state index contributed by atoms with van der Waals surface area (Å²) in [5.41, 5.74) is -0.145. The zero-order chi connectivity index (χ0) is 26.2. The second kappa shape index (κ2) is 9.63. The van der Waals surface area contributed by atoms with Crippen molar-refractivity contribution in [1.29, 1.82) is 0 Å². The first-order valence-corrected chi connectivity index (χ1v) is 11.6. The van der Waals surface area contributed by atoms with Crippen molar-refractivity contribution in [3.05, 3.63) is 112 Å². The van der Waals surface area contributed by atoms with E-state index in [1.165, 1.54) is 18.2 Å². The van der Waals surface area contributed by atoms with E-state index < -0.39 is 23.1 Å². The smallest absolute Gasteiger partial charge is 0.453 e. The highest BCUT2D eigenvalue weighted by atomic mass is 19.4. The van der Waals surface area contributed by atoms with Crippen LogP contribution in [0.25, 0.3) is 21.7 Å². The summed E-state index contributed by atoms with van der Waals surface area (Å²) < 4.78 is 53.2. The van der Waals surface area contributed by atoms with Crippen molar-refractivity contribution in [3.63, 3.8) is 0 Å². The number of hydrogen-bond acceptors (Lipinski definition) is 4. The molecule has 0 aliphatic rings. The molecule has 4 aromatic carbocycles. The van der Waals surface area contributed by atoms with E-state index in [0.717, 1.165) is 21.2 Å². The van der Waals surface area contributed by atoms with E-state index >= 15 is 0 Å². The number of nitrogens with one attached hydrogen (secondary N) is 1. The average Bonchev–Trinajstić information content (AvgIpc) is 2.87. The van der Waals surface area contributed by atoms with Gasteiger partial charge in [-0.1, -0.05) is 60.7 Å². The van der Waals surface area contributed by atoms with Crippen LogP contribution in [0.5, 0.6) is 17.2 Å². The third kappa shape index (κ3) is 5.01. The van der Waals surface area contributed by atoms with Crippen LogP contribution >= 0.6 is 0 Å². The van der Waals surface area contributed by atoms with E-state index in [1.54, 1.807) is 24.3 Å². The normalized spacial score (nSPS) is 12.6. The van der Waals surface area contributed by atoms with Gasteiger partial charge in [-0.25, -0.2) is 0 Å². The molecule has 0 bridgehead atoms. The molecular formula is C29H23F3NO4+. The minimum atomic E-state index is -5.01. The van der Waals surface area contributed by atoms with Crippen LogP contribution in [0.1, 0.15) is 16.9 Å². The molecule has 1 aromatic heterocycles. The van der Waals surface area contributed by atoms with Crippen LogP contribution in [-0.2, 0) is 19.3 Å². The lowest BCUT2D eigenvalue weighted by Crippen LogP contribution is -3.06. The molecule has 37 heavy (non-hydrogen) atoms. The minimum Gasteiger partial charge on any atom is -0.507 e. The Bertz CT molecular complexity index is 1650. The maximum absolute atomic E-state index is 14.1. The Balaban J connectivity index is 1.59. The quantitative estimate of drug-likeness (QED) is 0.311. The highest BCUT2D eigenvalue weighted by Crippen LogP contribution is 2.40. The molecule has 188 valence electrons. The zero-order valence-corrected chi connectivity index (χ0v) is 19.8. The van der Waals surface area contributed by atoms with Crippen LogP contribution in [0.3, 0.4) is 0 Å². The van der Waals surface area contributed by atoms with Crippen molar-refractivity contribution in [2.24, 2.45) is 0 Å². The summed E-state index contributed by atoms with van der Waals surface area (Å²) in [6, 6.07) is 24.1. The third-order valence-electron chi connectivity index (χ3n) is 6.12. The van der Waals surface area contributed by atoms with Crippen LogP contribution in [-0.4, -0.2) is 12.2 Å². The van der Waals surface area contributed by atoms with Gasteiger partial charge in [0.25, 0.3) is 5.76 Å². The van der Waals surface area contributed by atoms with Crippen LogP contribution in [0, 0.1) is 0 Å². The zero-order valence-electron chi connectivity index (χ0n) is 19.8. The number of hydrogen-bond donors (Lipinski definition) is 2. The molecule has 0 radical (unpaired) electrons. The molecule has 1 atom stereocenters. The molecular weight excluding hydrogens is 483 g/mol. The highest BCUT2D eigenvalue weighted by Gasteiger charge is 2.41. The van der Waals surface area contributed by atoms with Gasteiger partial charge in [0.2, 0.25) is 11.2 Å². The Hall–Kier alpha value is -4.30. The molecule has 0 aliphatic heterocycles. The third-order valence-corrected chi connectivity index (χ3v) is 6.12. The van der Waals surface area contributed by atoms with Crippen molar-refractivity contribution >= 4 is 21.7 Å². The Kier molecular flexibility index (Phi) is 6.35. The van der Waals surface area contributed by atoms with E-state index in [0.29, 0.717) is 6.54 Å². The first-order valence-electron chi connectivity index (χ1n) is 11.6. The summed E-state index contributed by atoms with van der Waals surface area (Å²) in [7, 11) is 1.84. The summed E-state index contributed by atoms with van der Waals surface area (Å²) in [6.45, 7) is 0.680. The van der Waals surface area contributed by atoms with E-state index in [-0.39, 0.29) is 34.6 Å². The molecule has 5 nitrogen and oxygen atoms in total. The maximum Gasteiger partial charge on any atom is 0.453 e. The summed E-state index contributed by atoms with van der Waals surface area (Å²) in [6.07, 6.45) is -5.01. The largest absolute Gasteiger partial charge is 0.507 e. The fraction of sp³-hybridized carbons (Fsp3) is 0.138. The molecule has 0 spiro atoms. The van der Waals surface area contributed by atoms with Gasteiger partial charge in [0.05, 0.1) is 18.0 Å².